The molecule has 26 heavy (non-hydrogen) atoms. The number of benzene rings is 1. The number of nitrogens with one attached hydrogen (secondary N) is 1. The summed E-state index contributed by atoms with van der Waals surface area (Å²) in [7, 11) is 2.10. The minimum atomic E-state index is -0.340. The average molecular weight is 370 g/mol. The van der Waals surface area contributed by atoms with Gasteiger partial charge in [-0.05, 0) is 49.6 Å². The molecule has 1 aromatic carbocycles. The molecular formula is C20H20ClN3O2. The Hall–Kier alpha value is -2.24. The highest BCUT2D eigenvalue weighted by molar-refractivity contribution is 6.34. The van der Waals surface area contributed by atoms with Gasteiger partial charge in [0.05, 0.1) is 10.6 Å². The maximum absolute atomic E-state index is 12.7. The van der Waals surface area contributed by atoms with Crippen LogP contribution >= 0.6 is 11.6 Å². The average Bonchev–Trinajstić information content (AvgIpc) is 2.57. The van der Waals surface area contributed by atoms with E-state index in [4.69, 9.17) is 11.6 Å². The van der Waals surface area contributed by atoms with Crippen LogP contribution in [0.1, 0.15) is 33.7 Å². The predicted octanol–water partition coefficient (Wildman–Crippen LogP) is 3.51. The fourth-order valence-corrected chi connectivity index (χ4v) is 4.43. The van der Waals surface area contributed by atoms with Gasteiger partial charge in [0.15, 0.2) is 5.78 Å². The number of Topliss-reactive ketones (excluding diaryl/α,β-unsaturated/α-hetero) is 1. The fraction of sp³-hybridized carbons (Fsp3) is 0.350. The number of likely N-dealkylation sites (tertiary alicyclic amines) is 1. The highest BCUT2D eigenvalue weighted by Gasteiger charge is 2.53. The van der Waals surface area contributed by atoms with Gasteiger partial charge in [-0.2, -0.15) is 0 Å². The molecule has 1 aliphatic heterocycles. The lowest BCUT2D eigenvalue weighted by Gasteiger charge is -2.57. The van der Waals surface area contributed by atoms with Crippen molar-refractivity contribution in [3.8, 4) is 0 Å². The number of hydrogen-bond acceptors (Lipinski definition) is 4. The van der Waals surface area contributed by atoms with Crippen molar-refractivity contribution in [2.45, 2.75) is 12.8 Å². The van der Waals surface area contributed by atoms with Gasteiger partial charge in [-0.1, -0.05) is 29.8 Å². The first-order valence-corrected chi connectivity index (χ1v) is 9.09. The van der Waals surface area contributed by atoms with Crippen molar-refractivity contribution >= 4 is 29.1 Å². The van der Waals surface area contributed by atoms with Crippen molar-refractivity contribution in [3.05, 3.63) is 58.7 Å². The topological polar surface area (TPSA) is 62.3 Å². The summed E-state index contributed by atoms with van der Waals surface area (Å²) in [5.41, 5.74) is 1.14. The van der Waals surface area contributed by atoms with Crippen LogP contribution in [-0.2, 0) is 0 Å². The quantitative estimate of drug-likeness (QED) is 0.838. The molecule has 4 rings (SSSR count). The van der Waals surface area contributed by atoms with Gasteiger partial charge >= 0.3 is 0 Å². The number of pyridine rings is 1. The van der Waals surface area contributed by atoms with Crippen molar-refractivity contribution < 1.29 is 9.59 Å². The van der Waals surface area contributed by atoms with Crippen LogP contribution in [0, 0.1) is 11.3 Å². The summed E-state index contributed by atoms with van der Waals surface area (Å²) in [6.07, 6.45) is 1.88. The van der Waals surface area contributed by atoms with Crippen LogP contribution in [0.25, 0.3) is 0 Å². The van der Waals surface area contributed by atoms with E-state index in [0.29, 0.717) is 27.5 Å². The second-order valence-electron chi connectivity index (χ2n) is 7.48. The lowest BCUT2D eigenvalue weighted by Crippen LogP contribution is -2.61. The zero-order chi connectivity index (χ0) is 18.3. The van der Waals surface area contributed by atoms with Crippen LogP contribution in [0.4, 0.5) is 5.82 Å². The predicted molar refractivity (Wildman–Crippen MR) is 101 cm³/mol. The number of halogens is 1. The van der Waals surface area contributed by atoms with E-state index in [9.17, 15) is 9.59 Å². The highest BCUT2D eigenvalue weighted by atomic mass is 35.5. The summed E-state index contributed by atoms with van der Waals surface area (Å²) in [5, 5.41) is 3.10. The summed E-state index contributed by atoms with van der Waals surface area (Å²) in [6.45, 7) is 2.16. The minimum Gasteiger partial charge on any atom is -0.306 e. The van der Waals surface area contributed by atoms with E-state index < -0.39 is 0 Å². The number of carbonyl (C=O) groups excluding carboxylic acids is 2. The molecular weight excluding hydrogens is 350 g/mol. The van der Waals surface area contributed by atoms with Gasteiger partial charge in [0.2, 0.25) is 0 Å². The van der Waals surface area contributed by atoms with Crippen LogP contribution in [0.5, 0.6) is 0 Å². The molecule has 1 N–H and O–H groups in total. The van der Waals surface area contributed by atoms with Crippen LogP contribution < -0.4 is 5.32 Å². The number of anilines is 1. The fourth-order valence-electron chi connectivity index (χ4n) is 4.21. The monoisotopic (exact) mass is 369 g/mol. The zero-order valence-electron chi connectivity index (χ0n) is 14.5. The Balaban J connectivity index is 1.43. The molecule has 1 saturated heterocycles. The first-order valence-electron chi connectivity index (χ1n) is 8.71. The molecule has 0 bridgehead atoms. The molecule has 5 nitrogen and oxygen atoms in total. The van der Waals surface area contributed by atoms with Gasteiger partial charge in [-0.15, -0.1) is 0 Å². The molecule has 2 heterocycles. The Labute approximate surface area is 157 Å². The van der Waals surface area contributed by atoms with E-state index >= 15 is 0 Å². The highest BCUT2D eigenvalue weighted by Crippen LogP contribution is 2.52. The molecule has 134 valence electrons. The SMILES string of the molecule is CN1CC2(CC(C(=O)c3cccc(NC(=O)c4ccccc4Cl)n3)C2)C1. The summed E-state index contributed by atoms with van der Waals surface area (Å²) in [4.78, 5) is 31.7. The minimum absolute atomic E-state index is 0.0470. The molecule has 6 heteroatoms. The maximum Gasteiger partial charge on any atom is 0.258 e. The van der Waals surface area contributed by atoms with E-state index in [2.05, 4.69) is 22.2 Å². The first kappa shape index (κ1) is 17.2. The van der Waals surface area contributed by atoms with Crippen molar-refractivity contribution in [1.82, 2.24) is 9.88 Å². The Morgan fingerprint density at radius 2 is 1.88 bits per heavy atom. The van der Waals surface area contributed by atoms with Crippen LogP contribution in [-0.4, -0.2) is 41.7 Å². The number of ketones is 1. The molecule has 1 saturated carbocycles. The summed E-state index contributed by atoms with van der Waals surface area (Å²) in [6, 6.07) is 12.0. The number of carbonyl (C=O) groups is 2. The van der Waals surface area contributed by atoms with Gasteiger partial charge < -0.3 is 10.2 Å². The van der Waals surface area contributed by atoms with Crippen LogP contribution in [0.3, 0.4) is 0 Å². The van der Waals surface area contributed by atoms with Gasteiger partial charge in [-0.25, -0.2) is 4.98 Å². The Morgan fingerprint density at radius 1 is 1.15 bits per heavy atom. The molecule has 2 fully saturated rings. The lowest BCUT2D eigenvalue weighted by atomic mass is 9.56. The lowest BCUT2D eigenvalue weighted by molar-refractivity contribution is -0.0708. The van der Waals surface area contributed by atoms with Gasteiger partial charge in [-0.3, -0.25) is 9.59 Å². The van der Waals surface area contributed by atoms with Gasteiger partial charge in [0.1, 0.15) is 11.5 Å². The van der Waals surface area contributed by atoms with Crippen LogP contribution in [0.2, 0.25) is 5.02 Å². The number of nitrogens with zero attached hydrogens (tertiary/aromatic N) is 2. The van der Waals surface area contributed by atoms with Gasteiger partial charge in [0.25, 0.3) is 5.91 Å². The van der Waals surface area contributed by atoms with E-state index in [-0.39, 0.29) is 17.6 Å². The number of amides is 1. The third kappa shape index (κ3) is 3.13. The molecule has 1 spiro atoms. The van der Waals surface area contributed by atoms with Crippen LogP contribution in [0.15, 0.2) is 42.5 Å². The third-order valence-electron chi connectivity index (χ3n) is 5.30. The molecule has 1 amide bonds. The molecule has 1 aromatic heterocycles. The molecule has 1 aliphatic carbocycles. The van der Waals surface area contributed by atoms with E-state index in [1.165, 1.54) is 0 Å². The van der Waals surface area contributed by atoms with Crippen molar-refractivity contribution in [2.75, 3.05) is 25.5 Å². The Morgan fingerprint density at radius 3 is 2.58 bits per heavy atom. The van der Waals surface area contributed by atoms with Crippen molar-refractivity contribution in [1.29, 1.82) is 0 Å². The van der Waals surface area contributed by atoms with Gasteiger partial charge in [0, 0.05) is 19.0 Å². The smallest absolute Gasteiger partial charge is 0.258 e. The Kier molecular flexibility index (Phi) is 4.29. The molecule has 2 aromatic rings. The Bertz CT molecular complexity index is 869. The third-order valence-corrected chi connectivity index (χ3v) is 5.63. The van der Waals surface area contributed by atoms with E-state index in [0.717, 1.165) is 25.9 Å². The van der Waals surface area contributed by atoms with E-state index in [1.54, 1.807) is 42.5 Å². The summed E-state index contributed by atoms with van der Waals surface area (Å²) < 4.78 is 0. The largest absolute Gasteiger partial charge is 0.306 e. The summed E-state index contributed by atoms with van der Waals surface area (Å²) >= 11 is 6.05. The second kappa shape index (κ2) is 6.49. The zero-order valence-corrected chi connectivity index (χ0v) is 15.3. The molecule has 0 atom stereocenters. The second-order valence-corrected chi connectivity index (χ2v) is 7.89. The number of rotatable bonds is 4. The maximum atomic E-state index is 12.7. The van der Waals surface area contributed by atoms with Crippen molar-refractivity contribution in [3.63, 3.8) is 0 Å². The van der Waals surface area contributed by atoms with Crippen molar-refractivity contribution in [2.24, 2.45) is 11.3 Å². The number of aromatic nitrogens is 1. The normalized spacial score (nSPS) is 18.8. The standard InChI is InChI=1S/C20H20ClN3O2/c1-24-11-20(12-24)9-13(10-20)18(25)16-7-4-8-17(22-16)23-19(26)14-5-2-3-6-15(14)21/h2-8,13H,9-12H2,1H3,(H,22,23,26). The molecule has 0 unspecified atom stereocenters. The molecule has 2 aliphatic rings. The summed E-state index contributed by atoms with van der Waals surface area (Å²) in [5.74, 6) is 0.135. The molecule has 0 radical (unpaired) electrons. The first-order chi connectivity index (χ1) is 12.5. The van der Waals surface area contributed by atoms with E-state index in [1.807, 2.05) is 0 Å². The number of hydrogen-bond donors (Lipinski definition) is 1.